The van der Waals surface area contributed by atoms with Gasteiger partial charge in [0.1, 0.15) is 5.76 Å². The van der Waals surface area contributed by atoms with Crippen molar-refractivity contribution in [1.82, 2.24) is 4.90 Å². The Bertz CT molecular complexity index is 188. The first-order valence-electron chi connectivity index (χ1n) is 2.92. The van der Waals surface area contributed by atoms with Crippen molar-refractivity contribution in [1.29, 1.82) is 0 Å². The van der Waals surface area contributed by atoms with Crippen molar-refractivity contribution in [3.8, 4) is 0 Å². The molecule has 0 unspecified atom stereocenters. The van der Waals surface area contributed by atoms with Gasteiger partial charge in [0.25, 0.3) is 0 Å². The smallest absolute Gasteiger partial charge is 0.415 e. The third-order valence-corrected chi connectivity index (χ3v) is 1.38. The summed E-state index contributed by atoms with van der Waals surface area (Å²) in [5.41, 5.74) is 0.723. The Labute approximate surface area is 59.6 Å². The molecule has 0 aromatic rings. The van der Waals surface area contributed by atoms with E-state index in [0.717, 1.165) is 5.70 Å². The van der Waals surface area contributed by atoms with Crippen molar-refractivity contribution in [2.75, 3.05) is 7.05 Å². The summed E-state index contributed by atoms with van der Waals surface area (Å²) in [5.74, 6) is 0.466. The fourth-order valence-corrected chi connectivity index (χ4v) is 0.703. The summed E-state index contributed by atoms with van der Waals surface area (Å²) < 4.78 is 4.70. The minimum atomic E-state index is -0.402. The minimum Gasteiger partial charge on any atom is -0.415 e. The SMILES string of the molecule is C=C1CC(=C)N(C)C(=O)O1. The Morgan fingerprint density at radius 1 is 1.60 bits per heavy atom. The summed E-state index contributed by atoms with van der Waals surface area (Å²) in [6.45, 7) is 7.18. The number of hydrogen-bond acceptors (Lipinski definition) is 2. The van der Waals surface area contributed by atoms with Crippen molar-refractivity contribution in [3.63, 3.8) is 0 Å². The number of cyclic esters (lactones) is 1. The highest BCUT2D eigenvalue weighted by Gasteiger charge is 2.21. The molecule has 54 valence electrons. The number of ether oxygens (including phenoxy) is 1. The van der Waals surface area contributed by atoms with Crippen molar-refractivity contribution < 1.29 is 9.53 Å². The predicted molar refractivity (Wildman–Crippen MR) is 37.1 cm³/mol. The monoisotopic (exact) mass is 139 g/mol. The van der Waals surface area contributed by atoms with E-state index in [1.165, 1.54) is 4.90 Å². The first kappa shape index (κ1) is 6.86. The van der Waals surface area contributed by atoms with Crippen LogP contribution in [0.1, 0.15) is 6.42 Å². The van der Waals surface area contributed by atoms with Gasteiger partial charge >= 0.3 is 6.09 Å². The molecule has 1 fully saturated rings. The molecule has 0 atom stereocenters. The zero-order valence-electron chi connectivity index (χ0n) is 5.89. The molecule has 1 heterocycles. The third kappa shape index (κ3) is 1.03. The average Bonchev–Trinajstić information content (AvgIpc) is 1.82. The molecule has 0 saturated carbocycles. The number of hydrogen-bond donors (Lipinski definition) is 0. The lowest BCUT2D eigenvalue weighted by molar-refractivity contribution is 0.132. The average molecular weight is 139 g/mol. The summed E-state index contributed by atoms with van der Waals surface area (Å²) >= 11 is 0. The van der Waals surface area contributed by atoms with Crippen LogP contribution in [0, 0.1) is 0 Å². The quantitative estimate of drug-likeness (QED) is 0.508. The van der Waals surface area contributed by atoms with Gasteiger partial charge in [0.05, 0.1) is 0 Å². The summed E-state index contributed by atoms with van der Waals surface area (Å²) in [6.07, 6.45) is 0.142. The molecule has 0 spiro atoms. The van der Waals surface area contributed by atoms with E-state index in [2.05, 4.69) is 13.2 Å². The van der Waals surface area contributed by atoms with Crippen LogP contribution in [0.5, 0.6) is 0 Å². The Balaban J connectivity index is 2.76. The second-order valence-electron chi connectivity index (χ2n) is 2.21. The van der Waals surface area contributed by atoms with Crippen LogP contribution in [0.4, 0.5) is 4.79 Å². The highest BCUT2D eigenvalue weighted by atomic mass is 16.6. The van der Waals surface area contributed by atoms with Gasteiger partial charge in [-0.15, -0.1) is 0 Å². The maximum atomic E-state index is 10.8. The second-order valence-corrected chi connectivity index (χ2v) is 2.21. The van der Waals surface area contributed by atoms with Gasteiger partial charge in [0, 0.05) is 19.2 Å². The molecule has 3 nitrogen and oxygen atoms in total. The van der Waals surface area contributed by atoms with Gasteiger partial charge in [0.15, 0.2) is 0 Å². The molecule has 0 aromatic heterocycles. The molecule has 1 saturated heterocycles. The topological polar surface area (TPSA) is 29.5 Å². The Morgan fingerprint density at radius 3 is 2.70 bits per heavy atom. The molecule has 1 rings (SSSR count). The van der Waals surface area contributed by atoms with Gasteiger partial charge in [-0.25, -0.2) is 4.79 Å². The molecule has 10 heavy (non-hydrogen) atoms. The summed E-state index contributed by atoms with van der Waals surface area (Å²) in [7, 11) is 1.62. The first-order chi connectivity index (χ1) is 4.61. The highest BCUT2D eigenvalue weighted by molar-refractivity contribution is 5.72. The van der Waals surface area contributed by atoms with E-state index >= 15 is 0 Å². The number of carbonyl (C=O) groups is 1. The van der Waals surface area contributed by atoms with Gasteiger partial charge in [-0.05, 0) is 0 Å². The number of rotatable bonds is 0. The van der Waals surface area contributed by atoms with Crippen molar-refractivity contribution in [3.05, 3.63) is 24.6 Å². The lowest BCUT2D eigenvalue weighted by Crippen LogP contribution is -2.30. The van der Waals surface area contributed by atoms with Crippen LogP contribution in [-0.4, -0.2) is 18.0 Å². The summed E-state index contributed by atoms with van der Waals surface area (Å²) in [6, 6.07) is 0. The first-order valence-corrected chi connectivity index (χ1v) is 2.92. The molecule has 0 bridgehead atoms. The van der Waals surface area contributed by atoms with Gasteiger partial charge in [0.2, 0.25) is 0 Å². The van der Waals surface area contributed by atoms with Gasteiger partial charge < -0.3 is 4.74 Å². The van der Waals surface area contributed by atoms with Crippen LogP contribution in [0.3, 0.4) is 0 Å². The van der Waals surface area contributed by atoms with Crippen molar-refractivity contribution in [2.24, 2.45) is 0 Å². The van der Waals surface area contributed by atoms with Crippen LogP contribution in [0.15, 0.2) is 24.6 Å². The number of nitrogens with zero attached hydrogens (tertiary/aromatic N) is 1. The summed E-state index contributed by atoms with van der Waals surface area (Å²) in [4.78, 5) is 12.2. The molecule has 1 aliphatic rings. The molecule has 0 N–H and O–H groups in total. The molecule has 1 amide bonds. The van der Waals surface area contributed by atoms with Crippen LogP contribution in [-0.2, 0) is 4.74 Å². The Kier molecular flexibility index (Phi) is 1.49. The van der Waals surface area contributed by atoms with E-state index in [-0.39, 0.29) is 0 Å². The molecule has 0 aromatic carbocycles. The predicted octanol–water partition coefficient (Wildman–Crippen LogP) is 1.49. The van der Waals surface area contributed by atoms with Crippen LogP contribution < -0.4 is 0 Å². The van der Waals surface area contributed by atoms with Gasteiger partial charge in [-0.1, -0.05) is 13.2 Å². The third-order valence-electron chi connectivity index (χ3n) is 1.38. The van der Waals surface area contributed by atoms with E-state index in [1.807, 2.05) is 0 Å². The lowest BCUT2D eigenvalue weighted by Gasteiger charge is -2.25. The summed E-state index contributed by atoms with van der Waals surface area (Å²) in [5, 5.41) is 0. The normalized spacial score (nSPS) is 19.3. The van der Waals surface area contributed by atoms with Crippen molar-refractivity contribution >= 4 is 6.09 Å². The van der Waals surface area contributed by atoms with Crippen LogP contribution >= 0.6 is 0 Å². The molecule has 3 heteroatoms. The maximum Gasteiger partial charge on any atom is 0.418 e. The van der Waals surface area contributed by atoms with E-state index in [4.69, 9.17) is 4.74 Å². The standard InChI is InChI=1S/C7H9NO2/c1-5-4-6(2)10-7(9)8(5)3/h1-2,4H2,3H3. The van der Waals surface area contributed by atoms with E-state index < -0.39 is 6.09 Å². The Morgan fingerprint density at radius 2 is 2.20 bits per heavy atom. The molecule has 0 aliphatic carbocycles. The minimum absolute atomic E-state index is 0.402. The molecule has 0 radical (unpaired) electrons. The van der Waals surface area contributed by atoms with Gasteiger partial charge in [-0.2, -0.15) is 0 Å². The molecular weight excluding hydrogens is 130 g/mol. The Hall–Kier alpha value is -1.25. The lowest BCUT2D eigenvalue weighted by atomic mass is 10.2. The van der Waals surface area contributed by atoms with Crippen LogP contribution in [0.2, 0.25) is 0 Å². The fraction of sp³-hybridized carbons (Fsp3) is 0.286. The largest absolute Gasteiger partial charge is 0.418 e. The van der Waals surface area contributed by atoms with Crippen molar-refractivity contribution in [2.45, 2.75) is 6.42 Å². The van der Waals surface area contributed by atoms with E-state index in [9.17, 15) is 4.79 Å². The maximum absolute atomic E-state index is 10.8. The molecular formula is C7H9NO2. The van der Waals surface area contributed by atoms with Gasteiger partial charge in [-0.3, -0.25) is 4.90 Å². The number of carbonyl (C=O) groups excluding carboxylic acids is 1. The van der Waals surface area contributed by atoms with E-state index in [0.29, 0.717) is 12.2 Å². The molecule has 1 aliphatic heterocycles. The second kappa shape index (κ2) is 2.17. The highest BCUT2D eigenvalue weighted by Crippen LogP contribution is 2.19. The fourth-order valence-electron chi connectivity index (χ4n) is 0.703. The van der Waals surface area contributed by atoms with E-state index in [1.54, 1.807) is 7.05 Å². The number of amides is 1. The zero-order chi connectivity index (χ0) is 7.72. The zero-order valence-corrected chi connectivity index (χ0v) is 5.89. The van der Waals surface area contributed by atoms with Crippen LogP contribution in [0.25, 0.3) is 0 Å².